The Morgan fingerprint density at radius 3 is 2.81 bits per heavy atom. The van der Waals surface area contributed by atoms with Gasteiger partial charge in [0.25, 0.3) is 5.91 Å². The van der Waals surface area contributed by atoms with Crippen LogP contribution in [-0.4, -0.2) is 50.1 Å². The molecule has 0 atom stereocenters. The summed E-state index contributed by atoms with van der Waals surface area (Å²) in [5.74, 6) is 0.427. The lowest BCUT2D eigenvalue weighted by Gasteiger charge is -2.27. The van der Waals surface area contributed by atoms with Crippen molar-refractivity contribution in [1.29, 1.82) is 0 Å². The number of hydrogen-bond donors (Lipinski definition) is 2. The quantitative estimate of drug-likeness (QED) is 0.444. The summed E-state index contributed by atoms with van der Waals surface area (Å²) < 4.78 is 5.27. The molecule has 0 aliphatic carbocycles. The van der Waals surface area contributed by atoms with Crippen LogP contribution in [0, 0.1) is 0 Å². The third-order valence-corrected chi connectivity index (χ3v) is 3.17. The first-order valence-corrected chi connectivity index (χ1v) is 6.64. The molecule has 0 radical (unpaired) electrons. The van der Waals surface area contributed by atoms with E-state index in [0.29, 0.717) is 31.3 Å². The molecule has 0 aromatic heterocycles. The minimum atomic E-state index is -0.100. The molecule has 1 amide bonds. The predicted octanol–water partition coefficient (Wildman–Crippen LogP) is 0.811. The average molecular weight is 404 g/mol. The molecular formula is C14H21IN4O2. The Labute approximate surface area is 141 Å². The Morgan fingerprint density at radius 1 is 1.43 bits per heavy atom. The van der Waals surface area contributed by atoms with Gasteiger partial charge in [0.05, 0.1) is 19.8 Å². The Hall–Kier alpha value is -1.35. The number of halogens is 1. The molecule has 21 heavy (non-hydrogen) atoms. The van der Waals surface area contributed by atoms with Crippen molar-refractivity contribution in [2.75, 3.05) is 33.4 Å². The van der Waals surface area contributed by atoms with Gasteiger partial charge in [0.2, 0.25) is 0 Å². The predicted molar refractivity (Wildman–Crippen MR) is 93.0 cm³/mol. The van der Waals surface area contributed by atoms with E-state index in [0.717, 1.165) is 18.7 Å². The van der Waals surface area contributed by atoms with Gasteiger partial charge < -0.3 is 20.7 Å². The molecular weight excluding hydrogens is 383 g/mol. The van der Waals surface area contributed by atoms with Crippen LogP contribution < -0.4 is 11.1 Å². The van der Waals surface area contributed by atoms with E-state index >= 15 is 0 Å². The van der Waals surface area contributed by atoms with E-state index in [9.17, 15) is 4.79 Å². The zero-order chi connectivity index (χ0) is 14.4. The second-order valence-corrected chi connectivity index (χ2v) is 4.55. The highest BCUT2D eigenvalue weighted by Gasteiger charge is 2.12. The van der Waals surface area contributed by atoms with Gasteiger partial charge in [-0.25, -0.2) is 4.99 Å². The van der Waals surface area contributed by atoms with Crippen LogP contribution in [0.3, 0.4) is 0 Å². The van der Waals surface area contributed by atoms with Crippen molar-refractivity contribution < 1.29 is 9.53 Å². The molecule has 0 bridgehead atoms. The standard InChI is InChI=1S/C14H20N4O2.HI/c1-16-13(19)12-4-2-3-11(9-12)10-17-14(15)18-5-7-20-8-6-18;/h2-4,9H,5-8,10H2,1H3,(H2,15,17)(H,16,19);1H. The van der Waals surface area contributed by atoms with E-state index < -0.39 is 0 Å². The van der Waals surface area contributed by atoms with Crippen molar-refractivity contribution >= 4 is 35.8 Å². The maximum Gasteiger partial charge on any atom is 0.251 e. The van der Waals surface area contributed by atoms with Crippen LogP contribution in [-0.2, 0) is 11.3 Å². The van der Waals surface area contributed by atoms with Crippen molar-refractivity contribution in [2.24, 2.45) is 10.7 Å². The van der Waals surface area contributed by atoms with Gasteiger partial charge in [-0.1, -0.05) is 12.1 Å². The molecule has 1 saturated heterocycles. The largest absolute Gasteiger partial charge is 0.378 e. The van der Waals surface area contributed by atoms with Crippen LogP contribution >= 0.6 is 24.0 Å². The molecule has 1 aliphatic rings. The average Bonchev–Trinajstić information content (AvgIpc) is 2.53. The maximum atomic E-state index is 11.6. The zero-order valence-electron chi connectivity index (χ0n) is 12.0. The Bertz CT molecular complexity index is 502. The van der Waals surface area contributed by atoms with E-state index in [-0.39, 0.29) is 29.9 Å². The van der Waals surface area contributed by atoms with E-state index in [1.165, 1.54) is 0 Å². The Balaban J connectivity index is 0.00000220. The van der Waals surface area contributed by atoms with Gasteiger partial charge in [-0.15, -0.1) is 24.0 Å². The number of nitrogens with one attached hydrogen (secondary N) is 1. The van der Waals surface area contributed by atoms with Crippen LogP contribution in [0.15, 0.2) is 29.3 Å². The fourth-order valence-corrected chi connectivity index (χ4v) is 2.02. The van der Waals surface area contributed by atoms with Crippen LogP contribution in [0.25, 0.3) is 0 Å². The topological polar surface area (TPSA) is 80.0 Å². The van der Waals surface area contributed by atoms with E-state index in [1.54, 1.807) is 13.1 Å². The molecule has 1 heterocycles. The summed E-state index contributed by atoms with van der Waals surface area (Å²) in [7, 11) is 1.61. The molecule has 0 spiro atoms. The number of nitrogens with zero attached hydrogens (tertiary/aromatic N) is 2. The fourth-order valence-electron chi connectivity index (χ4n) is 2.02. The SMILES string of the molecule is CNC(=O)c1cccc(CN=C(N)N2CCOCC2)c1.I. The van der Waals surface area contributed by atoms with E-state index in [2.05, 4.69) is 10.3 Å². The number of morpholine rings is 1. The highest BCUT2D eigenvalue weighted by Crippen LogP contribution is 2.07. The van der Waals surface area contributed by atoms with E-state index in [1.807, 2.05) is 23.1 Å². The number of carbonyl (C=O) groups excluding carboxylic acids is 1. The lowest BCUT2D eigenvalue weighted by Crippen LogP contribution is -2.44. The summed E-state index contributed by atoms with van der Waals surface area (Å²) >= 11 is 0. The van der Waals surface area contributed by atoms with Crippen molar-refractivity contribution in [3.05, 3.63) is 35.4 Å². The number of aliphatic imine (C=N–C) groups is 1. The minimum absolute atomic E-state index is 0. The summed E-state index contributed by atoms with van der Waals surface area (Å²) in [5.41, 5.74) is 7.55. The van der Waals surface area contributed by atoms with Gasteiger partial charge in [0.15, 0.2) is 5.96 Å². The first-order chi connectivity index (χ1) is 9.70. The normalized spacial score (nSPS) is 15.3. The lowest BCUT2D eigenvalue weighted by atomic mass is 10.1. The molecule has 1 fully saturated rings. The molecule has 1 aromatic rings. The number of guanidine groups is 1. The summed E-state index contributed by atoms with van der Waals surface area (Å²) in [6, 6.07) is 7.38. The van der Waals surface area contributed by atoms with Gasteiger partial charge in [0, 0.05) is 25.7 Å². The summed E-state index contributed by atoms with van der Waals surface area (Å²) in [6.07, 6.45) is 0. The number of benzene rings is 1. The number of nitrogens with two attached hydrogens (primary N) is 1. The van der Waals surface area contributed by atoms with Crippen molar-refractivity contribution in [3.63, 3.8) is 0 Å². The first-order valence-electron chi connectivity index (χ1n) is 6.64. The number of hydrogen-bond acceptors (Lipinski definition) is 3. The smallest absolute Gasteiger partial charge is 0.251 e. The molecule has 7 heteroatoms. The molecule has 0 unspecified atom stereocenters. The number of ether oxygens (including phenoxy) is 1. The summed E-state index contributed by atoms with van der Waals surface area (Å²) in [5, 5.41) is 2.60. The van der Waals surface area contributed by atoms with Crippen molar-refractivity contribution in [1.82, 2.24) is 10.2 Å². The molecule has 6 nitrogen and oxygen atoms in total. The number of amides is 1. The zero-order valence-corrected chi connectivity index (χ0v) is 14.4. The highest BCUT2D eigenvalue weighted by atomic mass is 127. The van der Waals surface area contributed by atoms with E-state index in [4.69, 9.17) is 10.5 Å². The van der Waals surface area contributed by atoms with Crippen molar-refractivity contribution in [2.45, 2.75) is 6.54 Å². The summed E-state index contributed by atoms with van der Waals surface area (Å²) in [6.45, 7) is 3.38. The van der Waals surface area contributed by atoms with Crippen LogP contribution in [0.2, 0.25) is 0 Å². The van der Waals surface area contributed by atoms with Gasteiger partial charge in [0.1, 0.15) is 0 Å². The second kappa shape index (κ2) is 8.83. The third kappa shape index (κ3) is 5.16. The molecule has 1 aliphatic heterocycles. The third-order valence-electron chi connectivity index (χ3n) is 3.17. The molecule has 0 saturated carbocycles. The van der Waals surface area contributed by atoms with Gasteiger partial charge in [-0.2, -0.15) is 0 Å². The Kier molecular flexibility index (Phi) is 7.44. The highest BCUT2D eigenvalue weighted by molar-refractivity contribution is 14.0. The minimum Gasteiger partial charge on any atom is -0.378 e. The van der Waals surface area contributed by atoms with Crippen LogP contribution in [0.1, 0.15) is 15.9 Å². The van der Waals surface area contributed by atoms with Gasteiger partial charge in [-0.05, 0) is 17.7 Å². The van der Waals surface area contributed by atoms with Crippen LogP contribution in [0.4, 0.5) is 0 Å². The molecule has 2 rings (SSSR count). The molecule has 116 valence electrons. The van der Waals surface area contributed by atoms with Gasteiger partial charge >= 0.3 is 0 Å². The Morgan fingerprint density at radius 2 is 2.14 bits per heavy atom. The van der Waals surface area contributed by atoms with Crippen LogP contribution in [0.5, 0.6) is 0 Å². The first kappa shape index (κ1) is 17.7. The monoisotopic (exact) mass is 404 g/mol. The fraction of sp³-hybridized carbons (Fsp3) is 0.429. The van der Waals surface area contributed by atoms with Gasteiger partial charge in [-0.3, -0.25) is 4.79 Å². The molecule has 3 N–H and O–H groups in total. The van der Waals surface area contributed by atoms with Crippen molar-refractivity contribution in [3.8, 4) is 0 Å². The lowest BCUT2D eigenvalue weighted by molar-refractivity contribution is 0.0674. The number of carbonyl (C=O) groups is 1. The second-order valence-electron chi connectivity index (χ2n) is 4.55. The summed E-state index contributed by atoms with van der Waals surface area (Å²) in [4.78, 5) is 17.9. The maximum absolute atomic E-state index is 11.6. The number of rotatable bonds is 3. The molecule has 1 aromatic carbocycles.